The Balaban J connectivity index is 3.08. The SMILES string of the molecule is O=Cc1ccccc1[C]Cl. The van der Waals surface area contributed by atoms with Crippen molar-refractivity contribution in [3.63, 3.8) is 0 Å². The lowest BCUT2D eigenvalue weighted by molar-refractivity contribution is 0.112. The van der Waals surface area contributed by atoms with E-state index >= 15 is 0 Å². The van der Waals surface area contributed by atoms with Gasteiger partial charge < -0.3 is 0 Å². The third kappa shape index (κ3) is 1.36. The van der Waals surface area contributed by atoms with E-state index in [9.17, 15) is 4.79 Å². The molecule has 1 aromatic carbocycles. The Morgan fingerprint density at radius 3 is 2.60 bits per heavy atom. The van der Waals surface area contributed by atoms with Crippen LogP contribution in [0, 0.1) is 5.88 Å². The molecule has 0 aliphatic rings. The number of carbonyl (C=O) groups excluding carboxylic acids is 1. The third-order valence-electron chi connectivity index (χ3n) is 1.19. The van der Waals surface area contributed by atoms with Gasteiger partial charge in [-0.2, -0.15) is 0 Å². The molecule has 1 rings (SSSR count). The van der Waals surface area contributed by atoms with Gasteiger partial charge in [0.25, 0.3) is 0 Å². The molecule has 0 unspecified atom stereocenters. The highest BCUT2D eigenvalue weighted by Gasteiger charge is 1.97. The summed E-state index contributed by atoms with van der Waals surface area (Å²) in [5.41, 5.74) is 1.21. The molecule has 0 bridgehead atoms. The van der Waals surface area contributed by atoms with Crippen LogP contribution >= 0.6 is 11.6 Å². The second-order valence-electron chi connectivity index (χ2n) is 1.80. The van der Waals surface area contributed by atoms with Gasteiger partial charge in [-0.1, -0.05) is 24.3 Å². The van der Waals surface area contributed by atoms with E-state index in [1.54, 1.807) is 24.3 Å². The number of halogens is 1. The van der Waals surface area contributed by atoms with E-state index in [0.717, 1.165) is 6.29 Å². The highest BCUT2D eigenvalue weighted by Crippen LogP contribution is 2.09. The quantitative estimate of drug-likeness (QED) is 0.594. The molecule has 1 aromatic rings. The summed E-state index contributed by atoms with van der Waals surface area (Å²) in [6.45, 7) is 0. The topological polar surface area (TPSA) is 17.1 Å². The Morgan fingerprint density at radius 1 is 1.40 bits per heavy atom. The maximum absolute atomic E-state index is 10.3. The molecule has 2 radical (unpaired) electrons. The molecule has 2 heteroatoms. The van der Waals surface area contributed by atoms with Crippen LogP contribution in [0.1, 0.15) is 15.9 Å². The molecule has 0 N–H and O–H groups in total. The van der Waals surface area contributed by atoms with Gasteiger partial charge >= 0.3 is 0 Å². The predicted octanol–water partition coefficient (Wildman–Crippen LogP) is 2.12. The van der Waals surface area contributed by atoms with E-state index in [4.69, 9.17) is 11.6 Å². The van der Waals surface area contributed by atoms with Crippen molar-refractivity contribution in [3.8, 4) is 0 Å². The highest BCUT2D eigenvalue weighted by atomic mass is 35.5. The Morgan fingerprint density at radius 2 is 2.10 bits per heavy atom. The monoisotopic (exact) mass is 152 g/mol. The van der Waals surface area contributed by atoms with Crippen LogP contribution < -0.4 is 0 Å². The zero-order valence-electron chi connectivity index (χ0n) is 5.17. The van der Waals surface area contributed by atoms with Crippen LogP contribution in [0.25, 0.3) is 0 Å². The number of rotatable bonds is 2. The van der Waals surface area contributed by atoms with E-state index in [1.165, 1.54) is 0 Å². The van der Waals surface area contributed by atoms with Crippen molar-refractivity contribution in [1.82, 2.24) is 0 Å². The maximum atomic E-state index is 10.3. The first-order valence-corrected chi connectivity index (χ1v) is 3.17. The Hall–Kier alpha value is -0.820. The summed E-state index contributed by atoms with van der Waals surface area (Å²) >= 11 is 5.30. The normalized spacial score (nSPS) is 9.30. The summed E-state index contributed by atoms with van der Waals surface area (Å²) in [5.74, 6) is 2.39. The summed E-state index contributed by atoms with van der Waals surface area (Å²) in [7, 11) is 0. The lowest BCUT2D eigenvalue weighted by Crippen LogP contribution is -1.85. The number of hydrogen-bond acceptors (Lipinski definition) is 1. The highest BCUT2D eigenvalue weighted by molar-refractivity contribution is 6.25. The largest absolute Gasteiger partial charge is 0.298 e. The Labute approximate surface area is 64.6 Å². The van der Waals surface area contributed by atoms with Crippen LogP contribution in [0.3, 0.4) is 0 Å². The number of aldehydes is 1. The second-order valence-corrected chi connectivity index (χ2v) is 1.99. The molecule has 0 aromatic heterocycles. The van der Waals surface area contributed by atoms with Crippen LogP contribution in [0.2, 0.25) is 0 Å². The molecule has 0 fully saturated rings. The van der Waals surface area contributed by atoms with Gasteiger partial charge in [0.1, 0.15) is 12.2 Å². The fourth-order valence-electron chi connectivity index (χ4n) is 0.686. The van der Waals surface area contributed by atoms with E-state index in [-0.39, 0.29) is 0 Å². The first-order valence-electron chi connectivity index (χ1n) is 2.79. The van der Waals surface area contributed by atoms with Gasteiger partial charge in [-0.15, -0.1) is 11.6 Å². The van der Waals surface area contributed by atoms with Crippen LogP contribution in [0.15, 0.2) is 24.3 Å². The van der Waals surface area contributed by atoms with Crippen LogP contribution in [-0.2, 0) is 0 Å². The van der Waals surface area contributed by atoms with Crippen LogP contribution in [0.5, 0.6) is 0 Å². The summed E-state index contributed by atoms with van der Waals surface area (Å²) in [4.78, 5) is 10.3. The molecule has 0 atom stereocenters. The summed E-state index contributed by atoms with van der Waals surface area (Å²) in [6.07, 6.45) is 0.755. The zero-order valence-corrected chi connectivity index (χ0v) is 5.93. The molecule has 0 spiro atoms. The van der Waals surface area contributed by atoms with Crippen molar-refractivity contribution in [2.75, 3.05) is 0 Å². The van der Waals surface area contributed by atoms with Gasteiger partial charge in [0.05, 0.1) is 0 Å². The minimum atomic E-state index is 0.567. The molecule has 1 nitrogen and oxygen atoms in total. The minimum absolute atomic E-state index is 0.567. The molecule has 0 saturated carbocycles. The standard InChI is InChI=1S/C8H5ClO/c9-5-7-3-1-2-4-8(7)6-10/h1-4,6H. The zero-order chi connectivity index (χ0) is 7.40. The lowest BCUT2D eigenvalue weighted by atomic mass is 10.1. The molecule has 0 aliphatic carbocycles. The van der Waals surface area contributed by atoms with Crippen molar-refractivity contribution in [3.05, 3.63) is 41.3 Å². The molecule has 10 heavy (non-hydrogen) atoms. The molecule has 0 amide bonds. The summed E-state index contributed by atoms with van der Waals surface area (Å²) < 4.78 is 0. The van der Waals surface area contributed by atoms with Crippen LogP contribution in [0.4, 0.5) is 0 Å². The van der Waals surface area contributed by atoms with Crippen LogP contribution in [-0.4, -0.2) is 6.29 Å². The Kier molecular flexibility index (Phi) is 2.46. The summed E-state index contributed by atoms with van der Waals surface area (Å²) in [5, 5.41) is 0. The van der Waals surface area contributed by atoms with Crippen molar-refractivity contribution in [2.24, 2.45) is 0 Å². The molecular weight excluding hydrogens is 148 g/mol. The van der Waals surface area contributed by atoms with E-state index < -0.39 is 0 Å². The average molecular weight is 153 g/mol. The van der Waals surface area contributed by atoms with E-state index in [0.29, 0.717) is 11.1 Å². The van der Waals surface area contributed by atoms with Crippen molar-refractivity contribution < 1.29 is 4.79 Å². The molecular formula is C8H5ClO. The lowest BCUT2D eigenvalue weighted by Gasteiger charge is -1.95. The van der Waals surface area contributed by atoms with Gasteiger partial charge in [-0.05, 0) is 5.56 Å². The van der Waals surface area contributed by atoms with Gasteiger partial charge in [0, 0.05) is 5.56 Å². The number of carbonyl (C=O) groups is 1. The van der Waals surface area contributed by atoms with Crippen molar-refractivity contribution in [1.29, 1.82) is 0 Å². The molecule has 0 heterocycles. The number of hydrogen-bond donors (Lipinski definition) is 0. The van der Waals surface area contributed by atoms with Gasteiger partial charge in [-0.3, -0.25) is 4.79 Å². The van der Waals surface area contributed by atoms with E-state index in [2.05, 4.69) is 5.88 Å². The smallest absolute Gasteiger partial charge is 0.150 e. The first-order chi connectivity index (χ1) is 4.88. The fourth-order valence-corrected chi connectivity index (χ4v) is 0.858. The average Bonchev–Trinajstić information content (AvgIpc) is 2.04. The fraction of sp³-hybridized carbons (Fsp3) is 0. The number of benzene rings is 1. The summed E-state index contributed by atoms with van der Waals surface area (Å²) in [6, 6.07) is 7.01. The minimum Gasteiger partial charge on any atom is -0.298 e. The maximum Gasteiger partial charge on any atom is 0.150 e. The van der Waals surface area contributed by atoms with Gasteiger partial charge in [-0.25, -0.2) is 0 Å². The second kappa shape index (κ2) is 3.37. The van der Waals surface area contributed by atoms with Gasteiger partial charge in [0.15, 0.2) is 0 Å². The first kappa shape index (κ1) is 7.29. The van der Waals surface area contributed by atoms with Crippen molar-refractivity contribution in [2.45, 2.75) is 0 Å². The third-order valence-corrected chi connectivity index (χ3v) is 1.39. The molecule has 0 saturated heterocycles. The predicted molar refractivity (Wildman–Crippen MR) is 40.0 cm³/mol. The van der Waals surface area contributed by atoms with E-state index in [1.807, 2.05) is 0 Å². The Bertz CT molecular complexity index is 232. The molecule has 0 aliphatic heterocycles. The van der Waals surface area contributed by atoms with Gasteiger partial charge in [0.2, 0.25) is 0 Å². The molecule has 50 valence electrons. The van der Waals surface area contributed by atoms with Crippen molar-refractivity contribution >= 4 is 17.9 Å².